The lowest BCUT2D eigenvalue weighted by molar-refractivity contribution is -0.384. The second kappa shape index (κ2) is 12.0. The van der Waals surface area contributed by atoms with E-state index in [0.29, 0.717) is 10.0 Å². The summed E-state index contributed by atoms with van der Waals surface area (Å²) < 4.78 is 0. The fourth-order valence-corrected chi connectivity index (χ4v) is 6.57. The number of aryl methyl sites for hydroxylation is 2. The summed E-state index contributed by atoms with van der Waals surface area (Å²) in [4.78, 5) is 11.2. The van der Waals surface area contributed by atoms with Gasteiger partial charge in [0.2, 0.25) is 0 Å². The molecule has 0 saturated carbocycles. The number of allylic oxidation sites excluding steroid dienone is 1. The minimum atomic E-state index is -0.368. The first-order chi connectivity index (χ1) is 22.3. The Morgan fingerprint density at radius 3 is 1.91 bits per heavy atom. The zero-order valence-electron chi connectivity index (χ0n) is 25.1. The van der Waals surface area contributed by atoms with Crippen LogP contribution >= 0.6 is 23.2 Å². The molecule has 0 radical (unpaired) electrons. The molecule has 6 aromatic carbocycles. The van der Waals surface area contributed by atoms with E-state index in [1.807, 2.05) is 60.7 Å². The molecule has 7 rings (SSSR count). The molecule has 0 saturated heterocycles. The first-order valence-corrected chi connectivity index (χ1v) is 15.7. The maximum Gasteiger partial charge on any atom is 0.269 e. The molecular formula is C41H27Cl2NO2. The summed E-state index contributed by atoms with van der Waals surface area (Å²) in [5, 5.41) is 14.8. The maximum absolute atomic E-state index is 11.5. The molecule has 6 aromatic rings. The molecule has 46 heavy (non-hydrogen) atoms. The Balaban J connectivity index is 1.61. The average Bonchev–Trinajstić information content (AvgIpc) is 3.45. The highest BCUT2D eigenvalue weighted by atomic mass is 35.5. The van der Waals surface area contributed by atoms with Crippen LogP contribution < -0.4 is 0 Å². The number of nitrogens with zero attached hydrogens (tertiary/aromatic N) is 1. The summed E-state index contributed by atoms with van der Waals surface area (Å²) in [5.74, 6) is 6.81. The van der Waals surface area contributed by atoms with Crippen LogP contribution in [0.4, 0.5) is 5.69 Å². The van der Waals surface area contributed by atoms with Gasteiger partial charge >= 0.3 is 0 Å². The SMILES string of the molecule is Cc1ccc(C#Cc2c3c(c(-c4ccc(C)cc4)c4cc(Cl)ccc24)C(c2ccc(Cl)cc2)=CC3c2ccc([N+](=O)[O-])cc2)cc1. The van der Waals surface area contributed by atoms with E-state index in [1.54, 1.807) is 12.1 Å². The summed E-state index contributed by atoms with van der Waals surface area (Å²) in [5.41, 5.74) is 11.5. The third kappa shape index (κ3) is 5.48. The Morgan fingerprint density at radius 2 is 1.26 bits per heavy atom. The van der Waals surface area contributed by atoms with Gasteiger partial charge in [-0.2, -0.15) is 0 Å². The first-order valence-electron chi connectivity index (χ1n) is 14.9. The molecule has 1 aliphatic rings. The lowest BCUT2D eigenvalue weighted by Crippen LogP contribution is -2.04. The van der Waals surface area contributed by atoms with Crippen LogP contribution in [-0.4, -0.2) is 4.92 Å². The molecule has 0 N–H and O–H groups in total. The zero-order valence-corrected chi connectivity index (χ0v) is 26.7. The predicted octanol–water partition coefficient (Wildman–Crippen LogP) is 11.3. The summed E-state index contributed by atoms with van der Waals surface area (Å²) in [7, 11) is 0. The lowest BCUT2D eigenvalue weighted by Gasteiger charge is -2.22. The number of benzene rings is 6. The number of nitro benzene ring substituents is 1. The van der Waals surface area contributed by atoms with Crippen molar-refractivity contribution in [3.8, 4) is 23.0 Å². The van der Waals surface area contributed by atoms with Crippen molar-refractivity contribution in [1.29, 1.82) is 0 Å². The molecule has 1 atom stereocenters. The van der Waals surface area contributed by atoms with E-state index in [4.69, 9.17) is 23.2 Å². The van der Waals surface area contributed by atoms with Gasteiger partial charge < -0.3 is 0 Å². The highest BCUT2D eigenvalue weighted by molar-refractivity contribution is 6.32. The van der Waals surface area contributed by atoms with Gasteiger partial charge in [0.05, 0.1) is 4.92 Å². The molecule has 0 fully saturated rings. The van der Waals surface area contributed by atoms with E-state index >= 15 is 0 Å². The predicted molar refractivity (Wildman–Crippen MR) is 190 cm³/mol. The van der Waals surface area contributed by atoms with Gasteiger partial charge in [0.1, 0.15) is 0 Å². The van der Waals surface area contributed by atoms with Gasteiger partial charge in [-0.05, 0) is 100.0 Å². The van der Waals surface area contributed by atoms with E-state index in [1.165, 1.54) is 11.1 Å². The Kier molecular flexibility index (Phi) is 7.70. The van der Waals surface area contributed by atoms with Crippen LogP contribution in [-0.2, 0) is 0 Å². The molecule has 5 heteroatoms. The van der Waals surface area contributed by atoms with Gasteiger partial charge in [-0.3, -0.25) is 10.1 Å². The quantitative estimate of drug-likeness (QED) is 0.110. The third-order valence-electron chi connectivity index (χ3n) is 8.56. The van der Waals surface area contributed by atoms with Crippen LogP contribution in [0.15, 0.2) is 121 Å². The molecule has 0 heterocycles. The molecule has 0 amide bonds. The Labute approximate surface area is 277 Å². The van der Waals surface area contributed by atoms with Crippen molar-refractivity contribution in [2.45, 2.75) is 19.8 Å². The van der Waals surface area contributed by atoms with Gasteiger partial charge in [-0.25, -0.2) is 0 Å². The van der Waals surface area contributed by atoms with Gasteiger partial charge in [-0.1, -0.05) is 119 Å². The number of hydrogen-bond donors (Lipinski definition) is 0. The number of rotatable bonds is 4. The largest absolute Gasteiger partial charge is 0.269 e. The van der Waals surface area contributed by atoms with E-state index in [2.05, 4.69) is 74.2 Å². The van der Waals surface area contributed by atoms with Gasteiger partial charge in [0, 0.05) is 39.2 Å². The van der Waals surface area contributed by atoms with Crippen LogP contribution in [0.5, 0.6) is 0 Å². The molecule has 0 bridgehead atoms. The normalized spacial score (nSPS) is 13.6. The molecule has 0 spiro atoms. The minimum absolute atomic E-state index is 0.0526. The topological polar surface area (TPSA) is 43.1 Å². The van der Waals surface area contributed by atoms with E-state index < -0.39 is 0 Å². The van der Waals surface area contributed by atoms with Crippen LogP contribution in [0.3, 0.4) is 0 Å². The Hall–Kier alpha value is -5.14. The molecule has 1 unspecified atom stereocenters. The molecule has 0 aromatic heterocycles. The van der Waals surface area contributed by atoms with Crippen LogP contribution in [0.25, 0.3) is 27.5 Å². The number of non-ortho nitro benzene ring substituents is 1. The summed E-state index contributed by atoms with van der Waals surface area (Å²) in [6.45, 7) is 4.14. The average molecular weight is 637 g/mol. The number of hydrogen-bond acceptors (Lipinski definition) is 2. The van der Waals surface area contributed by atoms with Crippen molar-refractivity contribution in [1.82, 2.24) is 0 Å². The Bertz CT molecular complexity index is 2240. The minimum Gasteiger partial charge on any atom is -0.258 e. The summed E-state index contributed by atoms with van der Waals surface area (Å²) >= 11 is 13.1. The van der Waals surface area contributed by atoms with E-state index in [9.17, 15) is 10.1 Å². The zero-order chi connectivity index (χ0) is 31.9. The molecule has 1 aliphatic carbocycles. The number of halogens is 2. The second-order valence-electron chi connectivity index (χ2n) is 11.6. The monoisotopic (exact) mass is 635 g/mol. The third-order valence-corrected chi connectivity index (χ3v) is 9.05. The highest BCUT2D eigenvalue weighted by Crippen LogP contribution is 2.52. The van der Waals surface area contributed by atoms with Crippen LogP contribution in [0, 0.1) is 35.8 Å². The molecule has 222 valence electrons. The smallest absolute Gasteiger partial charge is 0.258 e. The molecule has 0 aliphatic heterocycles. The van der Waals surface area contributed by atoms with Crippen LogP contribution in [0.2, 0.25) is 10.0 Å². The van der Waals surface area contributed by atoms with Crippen molar-refractivity contribution in [2.24, 2.45) is 0 Å². The van der Waals surface area contributed by atoms with Crippen molar-refractivity contribution in [2.75, 3.05) is 0 Å². The maximum atomic E-state index is 11.5. The first kappa shape index (κ1) is 29.6. The number of fused-ring (bicyclic) bond motifs is 2. The van der Waals surface area contributed by atoms with E-state index in [0.717, 1.165) is 60.9 Å². The summed E-state index contributed by atoms with van der Waals surface area (Å²) in [6.07, 6.45) is 2.25. The van der Waals surface area contributed by atoms with Gasteiger partial charge in [0.15, 0.2) is 0 Å². The standard InChI is InChI=1S/C41H27Cl2NO2/c1-25-3-7-27(8-4-25)9-21-35-34-22-18-32(43)23-38(34)39(30-10-5-26(2)6-11-30)41-37(28-12-16-31(42)17-13-28)24-36(40(35)41)29-14-19-33(20-15-29)44(45)46/h3-8,10-20,22-24,36H,1-2H3. The second-order valence-corrected chi connectivity index (χ2v) is 12.5. The van der Waals surface area contributed by atoms with Crippen molar-refractivity contribution in [3.63, 3.8) is 0 Å². The highest BCUT2D eigenvalue weighted by Gasteiger charge is 2.33. The summed E-state index contributed by atoms with van der Waals surface area (Å²) in [6, 6.07) is 37.5. The number of nitro groups is 1. The van der Waals surface area contributed by atoms with E-state index in [-0.39, 0.29) is 16.5 Å². The molecule has 3 nitrogen and oxygen atoms in total. The Morgan fingerprint density at radius 1 is 0.652 bits per heavy atom. The van der Waals surface area contributed by atoms with Crippen molar-refractivity contribution >= 4 is 45.2 Å². The van der Waals surface area contributed by atoms with Gasteiger partial charge in [-0.15, -0.1) is 0 Å². The van der Waals surface area contributed by atoms with Gasteiger partial charge in [0.25, 0.3) is 5.69 Å². The van der Waals surface area contributed by atoms with Crippen molar-refractivity contribution < 1.29 is 4.92 Å². The van der Waals surface area contributed by atoms with Crippen molar-refractivity contribution in [3.05, 3.63) is 186 Å². The lowest BCUT2D eigenvalue weighted by atomic mass is 9.81. The fourth-order valence-electron chi connectivity index (χ4n) is 6.27. The molecular weight excluding hydrogens is 609 g/mol. The fraction of sp³-hybridized carbons (Fsp3) is 0.0732. The van der Waals surface area contributed by atoms with Crippen LogP contribution in [0.1, 0.15) is 50.4 Å².